The molecule has 0 spiro atoms. The number of aliphatic hydroxyl groups excluding tert-OH is 1. The maximum absolute atomic E-state index is 13.1. The number of nitrogens with zero attached hydrogens (tertiary/aromatic N) is 2. The summed E-state index contributed by atoms with van der Waals surface area (Å²) in [4.78, 5) is 14.1. The molecule has 144 valence electrons. The van der Waals surface area contributed by atoms with Gasteiger partial charge in [0.25, 0.3) is 0 Å². The first kappa shape index (κ1) is 19.3. The molecule has 3 rings (SSSR count). The zero-order chi connectivity index (χ0) is 18.7. The van der Waals surface area contributed by atoms with Crippen LogP contribution in [0.25, 0.3) is 0 Å². The van der Waals surface area contributed by atoms with Crippen molar-refractivity contribution in [2.24, 2.45) is 5.92 Å². The lowest BCUT2D eigenvalue weighted by Gasteiger charge is -2.29. The summed E-state index contributed by atoms with van der Waals surface area (Å²) in [5.41, 5.74) is 1.99. The number of hydrogen-bond acceptors (Lipinski definition) is 4. The highest BCUT2D eigenvalue weighted by atomic mass is 32.2. The number of carbonyl (C=O) groups is 1. The van der Waals surface area contributed by atoms with Crippen LogP contribution in [-0.2, 0) is 27.8 Å². The quantitative estimate of drug-likeness (QED) is 0.745. The minimum absolute atomic E-state index is 0.0617. The van der Waals surface area contributed by atoms with Crippen molar-refractivity contribution in [2.75, 3.05) is 26.2 Å². The molecule has 2 aliphatic rings. The molecule has 1 heterocycles. The summed E-state index contributed by atoms with van der Waals surface area (Å²) in [6.07, 6.45) is 3.83. The van der Waals surface area contributed by atoms with Crippen LogP contribution < -0.4 is 0 Å². The molecule has 6 nitrogen and oxygen atoms in total. The summed E-state index contributed by atoms with van der Waals surface area (Å²) < 4.78 is 27.8. The molecular formula is C19H28N2O4S. The number of sulfonamides is 1. The van der Waals surface area contributed by atoms with E-state index in [1.807, 2.05) is 13.0 Å². The van der Waals surface area contributed by atoms with Crippen LogP contribution in [0.15, 0.2) is 23.1 Å². The Morgan fingerprint density at radius 1 is 1.31 bits per heavy atom. The van der Waals surface area contributed by atoms with Crippen molar-refractivity contribution >= 4 is 15.9 Å². The van der Waals surface area contributed by atoms with Gasteiger partial charge in [-0.15, -0.1) is 0 Å². The molecule has 0 saturated heterocycles. The van der Waals surface area contributed by atoms with Gasteiger partial charge in [0.15, 0.2) is 0 Å². The van der Waals surface area contributed by atoms with E-state index in [-0.39, 0.29) is 18.9 Å². The molecule has 1 N–H and O–H groups in total. The van der Waals surface area contributed by atoms with Crippen LogP contribution in [-0.4, -0.2) is 54.9 Å². The predicted octanol–water partition coefficient (Wildman–Crippen LogP) is 1.76. The lowest BCUT2D eigenvalue weighted by molar-refractivity contribution is -0.132. The van der Waals surface area contributed by atoms with Crippen molar-refractivity contribution in [1.29, 1.82) is 0 Å². The van der Waals surface area contributed by atoms with Gasteiger partial charge in [-0.05, 0) is 54.9 Å². The van der Waals surface area contributed by atoms with Crippen LogP contribution in [0, 0.1) is 5.92 Å². The van der Waals surface area contributed by atoms with Gasteiger partial charge in [-0.3, -0.25) is 4.79 Å². The van der Waals surface area contributed by atoms with Gasteiger partial charge in [0.2, 0.25) is 15.9 Å². The van der Waals surface area contributed by atoms with Gasteiger partial charge < -0.3 is 10.0 Å². The Morgan fingerprint density at radius 3 is 2.73 bits per heavy atom. The fourth-order valence-corrected chi connectivity index (χ4v) is 5.11. The Kier molecular flexibility index (Phi) is 5.99. The van der Waals surface area contributed by atoms with Gasteiger partial charge in [0.1, 0.15) is 0 Å². The van der Waals surface area contributed by atoms with E-state index in [4.69, 9.17) is 5.11 Å². The van der Waals surface area contributed by atoms with E-state index in [0.717, 1.165) is 30.4 Å². The molecule has 1 aliphatic carbocycles. The Morgan fingerprint density at radius 2 is 2.08 bits per heavy atom. The van der Waals surface area contributed by atoms with Crippen molar-refractivity contribution in [3.8, 4) is 0 Å². The normalized spacial score (nSPS) is 17.4. The Balaban J connectivity index is 1.78. The fraction of sp³-hybridized carbons (Fsp3) is 0.632. The maximum Gasteiger partial charge on any atom is 0.243 e. The molecule has 1 saturated carbocycles. The van der Waals surface area contributed by atoms with E-state index < -0.39 is 10.0 Å². The van der Waals surface area contributed by atoms with E-state index >= 15 is 0 Å². The van der Waals surface area contributed by atoms with Crippen LogP contribution in [0.1, 0.15) is 43.7 Å². The van der Waals surface area contributed by atoms with Crippen molar-refractivity contribution in [3.05, 3.63) is 29.3 Å². The third kappa shape index (κ3) is 4.27. The minimum Gasteiger partial charge on any atom is -0.396 e. The van der Waals surface area contributed by atoms with Gasteiger partial charge in [0, 0.05) is 32.6 Å². The third-order valence-corrected chi connectivity index (χ3v) is 7.00. The zero-order valence-corrected chi connectivity index (χ0v) is 16.2. The minimum atomic E-state index is -3.47. The number of carbonyl (C=O) groups excluding carboxylic acids is 1. The second-order valence-corrected chi connectivity index (χ2v) is 9.21. The number of hydrogen-bond donors (Lipinski definition) is 1. The van der Waals surface area contributed by atoms with Gasteiger partial charge in [0.05, 0.1) is 11.5 Å². The monoisotopic (exact) mass is 380 g/mol. The molecule has 0 aromatic heterocycles. The first-order valence-corrected chi connectivity index (χ1v) is 10.9. The Labute approximate surface area is 155 Å². The molecule has 7 heteroatoms. The first-order chi connectivity index (χ1) is 12.5. The van der Waals surface area contributed by atoms with E-state index in [0.29, 0.717) is 43.4 Å². The van der Waals surface area contributed by atoms with Gasteiger partial charge in [-0.25, -0.2) is 8.42 Å². The molecule has 26 heavy (non-hydrogen) atoms. The molecule has 1 fully saturated rings. The topological polar surface area (TPSA) is 77.9 Å². The number of amides is 1. The molecule has 1 aliphatic heterocycles. The van der Waals surface area contributed by atoms with Crippen LogP contribution in [0.5, 0.6) is 0 Å². The molecule has 0 radical (unpaired) electrons. The summed E-state index contributed by atoms with van der Waals surface area (Å²) >= 11 is 0. The first-order valence-electron chi connectivity index (χ1n) is 9.46. The number of fused-ring (bicyclic) bond motifs is 1. The van der Waals surface area contributed by atoms with Crippen molar-refractivity contribution in [1.82, 2.24) is 9.21 Å². The molecule has 1 aromatic carbocycles. The van der Waals surface area contributed by atoms with Crippen LogP contribution >= 0.6 is 0 Å². The number of aliphatic hydroxyl groups is 1. The summed E-state index contributed by atoms with van der Waals surface area (Å²) in [6.45, 7) is 4.08. The summed E-state index contributed by atoms with van der Waals surface area (Å²) in [5, 5.41) is 8.93. The molecule has 0 unspecified atom stereocenters. The lowest BCUT2D eigenvalue weighted by atomic mass is 10.00. The van der Waals surface area contributed by atoms with Gasteiger partial charge >= 0.3 is 0 Å². The summed E-state index contributed by atoms with van der Waals surface area (Å²) in [7, 11) is -3.47. The molecule has 1 amide bonds. The van der Waals surface area contributed by atoms with E-state index in [2.05, 4.69) is 0 Å². The summed E-state index contributed by atoms with van der Waals surface area (Å²) in [5.74, 6) is 0.452. The Bertz CT molecular complexity index is 759. The van der Waals surface area contributed by atoms with Crippen LogP contribution in [0.2, 0.25) is 0 Å². The number of rotatable bonds is 8. The third-order valence-electron chi connectivity index (χ3n) is 5.14. The largest absolute Gasteiger partial charge is 0.396 e. The lowest BCUT2D eigenvalue weighted by Crippen LogP contribution is -2.37. The smallest absolute Gasteiger partial charge is 0.243 e. The standard InChI is InChI=1S/C19H28N2O4S/c1-2-9-21(13-15-3-4-15)26(24,25)18-6-5-17-14-20(19(23)8-11-22)10-7-16(17)12-18/h5-6,12,15,22H,2-4,7-11,13-14H2,1H3. The number of benzene rings is 1. The van der Waals surface area contributed by atoms with E-state index in [9.17, 15) is 13.2 Å². The highest BCUT2D eigenvalue weighted by Crippen LogP contribution is 2.32. The van der Waals surface area contributed by atoms with Gasteiger partial charge in [-0.2, -0.15) is 4.31 Å². The maximum atomic E-state index is 13.1. The molecule has 0 atom stereocenters. The highest BCUT2D eigenvalue weighted by molar-refractivity contribution is 7.89. The summed E-state index contributed by atoms with van der Waals surface area (Å²) in [6, 6.07) is 5.29. The molecular weight excluding hydrogens is 352 g/mol. The Hall–Kier alpha value is -1.44. The van der Waals surface area contributed by atoms with Crippen molar-refractivity contribution in [3.63, 3.8) is 0 Å². The van der Waals surface area contributed by atoms with Crippen LogP contribution in [0.3, 0.4) is 0 Å². The zero-order valence-electron chi connectivity index (χ0n) is 15.4. The average molecular weight is 381 g/mol. The van der Waals surface area contributed by atoms with Crippen LogP contribution in [0.4, 0.5) is 0 Å². The van der Waals surface area contributed by atoms with E-state index in [1.165, 1.54) is 0 Å². The van der Waals surface area contributed by atoms with Gasteiger partial charge in [-0.1, -0.05) is 13.0 Å². The predicted molar refractivity (Wildman–Crippen MR) is 99.0 cm³/mol. The molecule has 1 aromatic rings. The van der Waals surface area contributed by atoms with Crippen molar-refractivity contribution in [2.45, 2.75) is 50.5 Å². The SMILES string of the molecule is CCCN(CC1CC1)S(=O)(=O)c1ccc2c(c1)CCN(C(=O)CCO)C2. The highest BCUT2D eigenvalue weighted by Gasteiger charge is 2.32. The average Bonchev–Trinajstić information content (AvgIpc) is 3.44. The second-order valence-electron chi connectivity index (χ2n) is 7.28. The molecule has 0 bridgehead atoms. The van der Waals surface area contributed by atoms with Crippen molar-refractivity contribution < 1.29 is 18.3 Å². The van der Waals surface area contributed by atoms with E-state index in [1.54, 1.807) is 21.3 Å². The fourth-order valence-electron chi connectivity index (χ4n) is 3.45. The second kappa shape index (κ2) is 8.06.